The molecule has 0 fully saturated rings. The maximum Gasteiger partial charge on any atom is 0.0623 e. The minimum atomic E-state index is 0.540. The lowest BCUT2D eigenvalue weighted by Gasteiger charge is -1.98. The molecule has 4 aromatic rings. The maximum atomic E-state index is 7.69. The quantitative estimate of drug-likeness (QED) is 0.448. The van der Waals surface area contributed by atoms with Gasteiger partial charge in [-0.05, 0) is 11.5 Å². The summed E-state index contributed by atoms with van der Waals surface area (Å²) in [5.41, 5.74) is 2.20. The molecule has 0 atom stereocenters. The standard InChI is InChI=1S/C16H11N/c1-2-6-12-11(5-1)9-10-14-13-7-3-4-8-15(13)17-16(12)14/h1-10,17H/i4D. The third-order valence-electron chi connectivity index (χ3n) is 3.34. The molecule has 0 aliphatic heterocycles. The van der Waals surface area contributed by atoms with Crippen molar-refractivity contribution in [2.45, 2.75) is 0 Å². The third-order valence-corrected chi connectivity index (χ3v) is 3.34. The molecule has 1 aromatic heterocycles. The zero-order valence-electron chi connectivity index (χ0n) is 10.2. The molecule has 0 saturated heterocycles. The number of aromatic nitrogens is 1. The van der Waals surface area contributed by atoms with Crippen LogP contribution < -0.4 is 0 Å². The largest absolute Gasteiger partial charge is 0.354 e. The van der Waals surface area contributed by atoms with E-state index in [1.165, 1.54) is 21.5 Å². The molecular weight excluding hydrogens is 206 g/mol. The molecule has 0 spiro atoms. The summed E-state index contributed by atoms with van der Waals surface area (Å²) in [5, 5.41) is 4.89. The summed E-state index contributed by atoms with van der Waals surface area (Å²) < 4.78 is 7.69. The van der Waals surface area contributed by atoms with E-state index < -0.39 is 0 Å². The van der Waals surface area contributed by atoms with Gasteiger partial charge in [0.05, 0.1) is 6.89 Å². The van der Waals surface area contributed by atoms with Crippen LogP contribution in [0.2, 0.25) is 0 Å². The van der Waals surface area contributed by atoms with Gasteiger partial charge in [-0.3, -0.25) is 0 Å². The minimum absolute atomic E-state index is 0.540. The molecule has 1 N–H and O–H groups in total. The van der Waals surface area contributed by atoms with Gasteiger partial charge in [0, 0.05) is 21.7 Å². The number of fused-ring (bicyclic) bond motifs is 5. The number of para-hydroxylation sites is 1. The van der Waals surface area contributed by atoms with E-state index in [2.05, 4.69) is 41.4 Å². The van der Waals surface area contributed by atoms with Crippen molar-refractivity contribution in [3.05, 3.63) is 60.6 Å². The lowest BCUT2D eigenvalue weighted by molar-refractivity contribution is 1.56. The average Bonchev–Trinajstić information content (AvgIpc) is 2.76. The minimum Gasteiger partial charge on any atom is -0.354 e. The highest BCUT2D eigenvalue weighted by Crippen LogP contribution is 2.30. The van der Waals surface area contributed by atoms with Gasteiger partial charge in [-0.15, -0.1) is 0 Å². The van der Waals surface area contributed by atoms with Gasteiger partial charge in [-0.25, -0.2) is 0 Å². The number of benzene rings is 3. The van der Waals surface area contributed by atoms with Gasteiger partial charge in [-0.2, -0.15) is 0 Å². The molecule has 1 heteroatoms. The van der Waals surface area contributed by atoms with Crippen LogP contribution in [0.1, 0.15) is 1.37 Å². The van der Waals surface area contributed by atoms with Crippen LogP contribution in [0, 0.1) is 0 Å². The molecule has 0 bridgehead atoms. The van der Waals surface area contributed by atoms with Crippen molar-refractivity contribution in [3.8, 4) is 0 Å². The van der Waals surface area contributed by atoms with Crippen molar-refractivity contribution in [1.29, 1.82) is 0 Å². The van der Waals surface area contributed by atoms with Crippen LogP contribution in [-0.2, 0) is 0 Å². The molecule has 0 unspecified atom stereocenters. The fourth-order valence-electron chi connectivity index (χ4n) is 2.53. The Hall–Kier alpha value is -2.28. The molecule has 0 saturated carbocycles. The predicted octanol–water partition coefficient (Wildman–Crippen LogP) is 4.47. The summed E-state index contributed by atoms with van der Waals surface area (Å²) >= 11 is 0. The van der Waals surface area contributed by atoms with Gasteiger partial charge in [0.2, 0.25) is 0 Å². The summed E-state index contributed by atoms with van der Waals surface area (Å²) in [7, 11) is 0. The summed E-state index contributed by atoms with van der Waals surface area (Å²) in [6.45, 7) is 0. The second-order valence-corrected chi connectivity index (χ2v) is 4.31. The first-order valence-electron chi connectivity index (χ1n) is 6.23. The summed E-state index contributed by atoms with van der Waals surface area (Å²) in [4.78, 5) is 3.44. The van der Waals surface area contributed by atoms with Crippen molar-refractivity contribution < 1.29 is 1.37 Å². The van der Waals surface area contributed by atoms with Gasteiger partial charge >= 0.3 is 0 Å². The highest BCUT2D eigenvalue weighted by Gasteiger charge is 2.05. The molecule has 0 amide bonds. The van der Waals surface area contributed by atoms with E-state index in [0.29, 0.717) is 6.04 Å². The Morgan fingerprint density at radius 3 is 2.65 bits per heavy atom. The highest BCUT2D eigenvalue weighted by molar-refractivity contribution is 6.16. The third kappa shape index (κ3) is 1.14. The average molecular weight is 218 g/mol. The first-order chi connectivity index (χ1) is 8.83. The van der Waals surface area contributed by atoms with Crippen molar-refractivity contribution in [2.75, 3.05) is 0 Å². The fourth-order valence-corrected chi connectivity index (χ4v) is 2.53. The first-order valence-corrected chi connectivity index (χ1v) is 5.73. The Balaban J connectivity index is 2.29. The van der Waals surface area contributed by atoms with Crippen molar-refractivity contribution in [1.82, 2.24) is 4.98 Å². The Morgan fingerprint density at radius 2 is 1.65 bits per heavy atom. The molecule has 0 aliphatic carbocycles. The van der Waals surface area contributed by atoms with Crippen LogP contribution in [0.15, 0.2) is 60.6 Å². The highest BCUT2D eigenvalue weighted by atomic mass is 14.7. The van der Waals surface area contributed by atoms with Crippen LogP contribution in [0.5, 0.6) is 0 Å². The van der Waals surface area contributed by atoms with E-state index in [1.54, 1.807) is 0 Å². The molecule has 80 valence electrons. The van der Waals surface area contributed by atoms with E-state index in [-0.39, 0.29) is 0 Å². The SMILES string of the molecule is [2H]c1ccc2c(c1)[nH]c1c3ccccc3ccc21. The number of nitrogens with one attached hydrogen (secondary N) is 1. The van der Waals surface area contributed by atoms with Gasteiger partial charge in [0.15, 0.2) is 0 Å². The van der Waals surface area contributed by atoms with Crippen LogP contribution >= 0.6 is 0 Å². The number of aromatic amines is 1. The second-order valence-electron chi connectivity index (χ2n) is 4.31. The summed E-state index contributed by atoms with van der Waals surface area (Å²) in [6.07, 6.45) is 0. The molecule has 3 aromatic carbocycles. The Morgan fingerprint density at radius 1 is 0.765 bits per heavy atom. The fraction of sp³-hybridized carbons (Fsp3) is 0. The molecule has 17 heavy (non-hydrogen) atoms. The van der Waals surface area contributed by atoms with Gasteiger partial charge in [0.25, 0.3) is 0 Å². The molecule has 1 heterocycles. The summed E-state index contributed by atoms with van der Waals surface area (Å²) in [6, 6.07) is 18.9. The van der Waals surface area contributed by atoms with Crippen LogP contribution in [0.4, 0.5) is 0 Å². The molecule has 1 nitrogen and oxygen atoms in total. The smallest absolute Gasteiger partial charge is 0.0623 e. The van der Waals surface area contributed by atoms with E-state index in [4.69, 9.17) is 1.37 Å². The molecule has 0 radical (unpaired) electrons. The van der Waals surface area contributed by atoms with E-state index in [0.717, 1.165) is 11.0 Å². The van der Waals surface area contributed by atoms with Gasteiger partial charge < -0.3 is 4.98 Å². The van der Waals surface area contributed by atoms with Crippen LogP contribution in [-0.4, -0.2) is 4.98 Å². The summed E-state index contributed by atoms with van der Waals surface area (Å²) in [5.74, 6) is 0. The second kappa shape index (κ2) is 3.11. The topological polar surface area (TPSA) is 15.8 Å². The van der Waals surface area contributed by atoms with Crippen molar-refractivity contribution >= 4 is 32.6 Å². The monoisotopic (exact) mass is 218 g/mol. The van der Waals surface area contributed by atoms with E-state index in [9.17, 15) is 0 Å². The van der Waals surface area contributed by atoms with E-state index >= 15 is 0 Å². The Kier molecular flexibility index (Phi) is 1.45. The van der Waals surface area contributed by atoms with Crippen LogP contribution in [0.3, 0.4) is 0 Å². The lowest BCUT2D eigenvalue weighted by atomic mass is 10.1. The number of H-pyrrole nitrogens is 1. The first kappa shape index (κ1) is 7.91. The molecule has 4 rings (SSSR count). The molecular formula is C16H11N. The normalized spacial score (nSPS) is 12.4. The lowest BCUT2D eigenvalue weighted by Crippen LogP contribution is -1.74. The zero-order chi connectivity index (χ0) is 12.1. The van der Waals surface area contributed by atoms with Crippen molar-refractivity contribution in [3.63, 3.8) is 0 Å². The zero-order valence-corrected chi connectivity index (χ0v) is 9.20. The van der Waals surface area contributed by atoms with Gasteiger partial charge in [-0.1, -0.05) is 54.6 Å². The maximum absolute atomic E-state index is 7.69. The number of hydrogen-bond acceptors (Lipinski definition) is 0. The predicted molar refractivity (Wildman–Crippen MR) is 73.3 cm³/mol. The Bertz CT molecular complexity index is 889. The van der Waals surface area contributed by atoms with Gasteiger partial charge in [0.1, 0.15) is 0 Å². The number of rotatable bonds is 0. The number of hydrogen-bond donors (Lipinski definition) is 1. The van der Waals surface area contributed by atoms with E-state index in [1.807, 2.05) is 18.2 Å². The molecule has 0 aliphatic rings. The van der Waals surface area contributed by atoms with Crippen molar-refractivity contribution in [2.24, 2.45) is 0 Å². The Labute approximate surface area is 100 Å². The van der Waals surface area contributed by atoms with Crippen LogP contribution in [0.25, 0.3) is 32.6 Å².